The zero-order chi connectivity index (χ0) is 15.8. The first-order valence-electron chi connectivity index (χ1n) is 7.28. The van der Waals surface area contributed by atoms with Gasteiger partial charge in [0.2, 0.25) is 6.29 Å². The van der Waals surface area contributed by atoms with E-state index in [1.54, 1.807) is 6.07 Å². The summed E-state index contributed by atoms with van der Waals surface area (Å²) >= 11 is 11.9. The van der Waals surface area contributed by atoms with Gasteiger partial charge in [0.05, 0.1) is 16.1 Å². The van der Waals surface area contributed by atoms with Crippen LogP contribution in [0.15, 0.2) is 48.5 Å². The van der Waals surface area contributed by atoms with Gasteiger partial charge in [-0.1, -0.05) is 59.6 Å². The summed E-state index contributed by atoms with van der Waals surface area (Å²) in [4.78, 5) is 11.1. The van der Waals surface area contributed by atoms with Gasteiger partial charge in [0.15, 0.2) is 0 Å². The highest BCUT2D eigenvalue weighted by Crippen LogP contribution is 2.22. The van der Waals surface area contributed by atoms with Crippen LogP contribution in [0.5, 0.6) is 0 Å². The van der Waals surface area contributed by atoms with E-state index in [4.69, 9.17) is 23.2 Å². The van der Waals surface area contributed by atoms with Crippen LogP contribution in [-0.2, 0) is 17.8 Å². The zero-order valence-corrected chi connectivity index (χ0v) is 13.7. The number of halogens is 2. The van der Waals surface area contributed by atoms with E-state index in [0.717, 1.165) is 24.8 Å². The van der Waals surface area contributed by atoms with Crippen molar-refractivity contribution in [2.75, 3.05) is 0 Å². The maximum Gasteiger partial charge on any atom is 0.216 e. The quantitative estimate of drug-likeness (QED) is 0.765. The predicted molar refractivity (Wildman–Crippen MR) is 92.2 cm³/mol. The van der Waals surface area contributed by atoms with Crippen LogP contribution in [0, 0.1) is 0 Å². The lowest BCUT2D eigenvalue weighted by molar-refractivity contribution is 0.493. The fraction of sp³-hybridized carbons (Fsp3) is 0.278. The van der Waals surface area contributed by atoms with Crippen LogP contribution in [0.1, 0.15) is 24.0 Å². The highest BCUT2D eigenvalue weighted by Gasteiger charge is 2.08. The van der Waals surface area contributed by atoms with Crippen molar-refractivity contribution in [1.82, 2.24) is 5.32 Å². The Labute approximate surface area is 141 Å². The molecule has 0 fully saturated rings. The minimum absolute atomic E-state index is 0.266. The average Bonchev–Trinajstić information content (AvgIpc) is 2.55. The molecule has 0 unspecified atom stereocenters. The minimum atomic E-state index is -0.266. The molecule has 2 aromatic carbocycles. The molecule has 0 heterocycles. The van der Waals surface area contributed by atoms with Gasteiger partial charge in [-0.05, 0) is 42.5 Å². The average molecular weight is 335 g/mol. The second-order valence-corrected chi connectivity index (χ2v) is 5.99. The molecule has 0 aliphatic carbocycles. The van der Waals surface area contributed by atoms with Gasteiger partial charge in [-0.15, -0.1) is 0 Å². The fourth-order valence-electron chi connectivity index (χ4n) is 2.25. The summed E-state index contributed by atoms with van der Waals surface area (Å²) in [6, 6.07) is 15.5. The second kappa shape index (κ2) is 8.94. The fourth-order valence-corrected chi connectivity index (χ4v) is 2.57. The van der Waals surface area contributed by atoms with Gasteiger partial charge < -0.3 is 5.32 Å². The van der Waals surface area contributed by atoms with Gasteiger partial charge in [0, 0.05) is 6.54 Å². The number of carbonyl (C=O) groups excluding carboxylic acids is 1. The van der Waals surface area contributed by atoms with Crippen molar-refractivity contribution in [3.05, 3.63) is 69.7 Å². The van der Waals surface area contributed by atoms with E-state index in [0.29, 0.717) is 16.6 Å². The van der Waals surface area contributed by atoms with Crippen molar-refractivity contribution >= 4 is 29.5 Å². The lowest BCUT2D eigenvalue weighted by atomic mass is 10.1. The second-order valence-electron chi connectivity index (χ2n) is 5.18. The Bertz CT molecular complexity index is 601. The molecule has 1 radical (unpaired) electrons. The summed E-state index contributed by atoms with van der Waals surface area (Å²) in [5.41, 5.74) is 2.29. The Hall–Kier alpha value is -1.35. The van der Waals surface area contributed by atoms with Gasteiger partial charge >= 0.3 is 0 Å². The molecule has 1 N–H and O–H groups in total. The predicted octanol–water partition coefficient (Wildman–Crippen LogP) is 4.58. The summed E-state index contributed by atoms with van der Waals surface area (Å²) in [6.07, 6.45) is 4.74. The Morgan fingerprint density at radius 3 is 2.45 bits per heavy atom. The molecule has 0 aliphatic heterocycles. The van der Waals surface area contributed by atoms with Gasteiger partial charge in [-0.3, -0.25) is 4.79 Å². The molecular weight excluding hydrogens is 317 g/mol. The number of rotatable bonds is 8. The Morgan fingerprint density at radius 2 is 1.77 bits per heavy atom. The molecule has 0 amide bonds. The molecule has 22 heavy (non-hydrogen) atoms. The van der Waals surface area contributed by atoms with Crippen LogP contribution in [-0.4, -0.2) is 12.3 Å². The Morgan fingerprint density at radius 1 is 1.00 bits per heavy atom. The first-order valence-corrected chi connectivity index (χ1v) is 8.03. The first kappa shape index (κ1) is 17.0. The zero-order valence-electron chi connectivity index (χ0n) is 12.2. The molecule has 0 aliphatic rings. The monoisotopic (exact) mass is 334 g/mol. The number of nitrogens with one attached hydrogen (secondary N) is 1. The van der Waals surface area contributed by atoms with Gasteiger partial charge in [0.25, 0.3) is 0 Å². The molecule has 1 atom stereocenters. The molecule has 0 spiro atoms. The highest BCUT2D eigenvalue weighted by molar-refractivity contribution is 6.42. The van der Waals surface area contributed by atoms with E-state index in [2.05, 4.69) is 23.7 Å². The Balaban J connectivity index is 1.77. The molecule has 4 heteroatoms. The number of benzene rings is 2. The largest absolute Gasteiger partial charge is 0.303 e. The van der Waals surface area contributed by atoms with E-state index in [1.165, 1.54) is 5.56 Å². The Kier molecular flexibility index (Phi) is 6.91. The topological polar surface area (TPSA) is 29.1 Å². The van der Waals surface area contributed by atoms with Gasteiger partial charge in [0.1, 0.15) is 0 Å². The standard InChI is InChI=1S/C18H18Cl2NO/c19-17-10-9-15(11-18(17)20)12-21-16(13-22)8-4-7-14-5-2-1-3-6-14/h1-3,5-6,9-11,16,21H,4,7-8,12H2/t16-/m1/s1. The van der Waals surface area contributed by atoms with Gasteiger partial charge in [-0.25, -0.2) is 0 Å². The van der Waals surface area contributed by atoms with Crippen LogP contribution in [0.4, 0.5) is 0 Å². The molecule has 0 aromatic heterocycles. The van der Waals surface area contributed by atoms with E-state index in [9.17, 15) is 4.79 Å². The van der Waals surface area contributed by atoms with Crippen LogP contribution >= 0.6 is 23.2 Å². The van der Waals surface area contributed by atoms with Gasteiger partial charge in [-0.2, -0.15) is 0 Å². The van der Waals surface area contributed by atoms with Crippen molar-refractivity contribution in [2.24, 2.45) is 0 Å². The molecule has 0 saturated heterocycles. The summed E-state index contributed by atoms with van der Waals surface area (Å²) in [6.45, 7) is 0.572. The van der Waals surface area contributed by atoms with Crippen LogP contribution in [0.25, 0.3) is 0 Å². The normalized spacial score (nSPS) is 12.1. The highest BCUT2D eigenvalue weighted by atomic mass is 35.5. The van der Waals surface area contributed by atoms with Crippen LogP contribution in [0.2, 0.25) is 10.0 Å². The number of aryl methyl sites for hydroxylation is 1. The summed E-state index contributed by atoms with van der Waals surface area (Å²) in [5.74, 6) is 0. The maximum atomic E-state index is 11.1. The van der Waals surface area contributed by atoms with E-state index < -0.39 is 0 Å². The minimum Gasteiger partial charge on any atom is -0.303 e. The van der Waals surface area contributed by atoms with Crippen molar-refractivity contribution in [3.63, 3.8) is 0 Å². The third kappa shape index (κ3) is 5.45. The third-order valence-corrected chi connectivity index (χ3v) is 4.22. The van der Waals surface area contributed by atoms with E-state index >= 15 is 0 Å². The molecule has 2 nitrogen and oxygen atoms in total. The smallest absolute Gasteiger partial charge is 0.216 e. The first-order chi connectivity index (χ1) is 10.7. The number of hydrogen-bond acceptors (Lipinski definition) is 2. The third-order valence-electron chi connectivity index (χ3n) is 3.48. The van der Waals surface area contributed by atoms with Crippen molar-refractivity contribution in [3.8, 4) is 0 Å². The summed E-state index contributed by atoms with van der Waals surface area (Å²) in [5, 5.41) is 4.25. The van der Waals surface area contributed by atoms with Crippen molar-refractivity contribution in [1.29, 1.82) is 0 Å². The van der Waals surface area contributed by atoms with Crippen molar-refractivity contribution < 1.29 is 4.79 Å². The molecule has 115 valence electrons. The van der Waals surface area contributed by atoms with Crippen LogP contribution in [0.3, 0.4) is 0 Å². The number of hydrogen-bond donors (Lipinski definition) is 1. The maximum absolute atomic E-state index is 11.1. The van der Waals surface area contributed by atoms with Crippen molar-refractivity contribution in [2.45, 2.75) is 31.8 Å². The molecule has 2 aromatic rings. The SMILES string of the molecule is O=[C][C@@H](CCCc1ccccc1)NCc1ccc(Cl)c(Cl)c1. The molecule has 0 bridgehead atoms. The lowest BCUT2D eigenvalue weighted by Gasteiger charge is -2.12. The van der Waals surface area contributed by atoms with Crippen LogP contribution < -0.4 is 5.32 Å². The van der Waals surface area contributed by atoms with E-state index in [1.807, 2.05) is 30.3 Å². The lowest BCUT2D eigenvalue weighted by Crippen LogP contribution is -2.30. The molecule has 2 rings (SSSR count). The molecule has 0 saturated carbocycles. The summed E-state index contributed by atoms with van der Waals surface area (Å²) < 4.78 is 0. The summed E-state index contributed by atoms with van der Waals surface area (Å²) in [7, 11) is 0. The van der Waals surface area contributed by atoms with E-state index in [-0.39, 0.29) is 6.04 Å². The molecular formula is C18H18Cl2NO.